The third kappa shape index (κ3) is 7.24. The fourth-order valence-corrected chi connectivity index (χ4v) is 4.33. The van der Waals surface area contributed by atoms with Crippen LogP contribution in [0.2, 0.25) is 0 Å². The van der Waals surface area contributed by atoms with Crippen LogP contribution in [0.15, 0.2) is 72.8 Å². The van der Waals surface area contributed by atoms with Gasteiger partial charge in [0.1, 0.15) is 35.6 Å². The number of aliphatic hydroxyl groups excluding tert-OH is 1. The molecule has 8 nitrogen and oxygen atoms in total. The van der Waals surface area contributed by atoms with Crippen molar-refractivity contribution in [1.82, 2.24) is 0 Å². The van der Waals surface area contributed by atoms with Crippen LogP contribution in [-0.2, 0) is 38.8 Å². The first-order valence-electron chi connectivity index (χ1n) is 12.6. The van der Waals surface area contributed by atoms with Gasteiger partial charge in [-0.2, -0.15) is 0 Å². The smallest absolute Gasteiger partial charge is 0.184 e. The van der Waals surface area contributed by atoms with Crippen molar-refractivity contribution in [3.63, 3.8) is 0 Å². The molecule has 8 heteroatoms. The van der Waals surface area contributed by atoms with E-state index in [1.807, 2.05) is 79.7 Å². The molecule has 3 aromatic rings. The summed E-state index contributed by atoms with van der Waals surface area (Å²) in [4.78, 5) is 0. The Kier molecular flexibility index (Phi) is 9.98. The van der Waals surface area contributed by atoms with Gasteiger partial charge in [0.05, 0.1) is 47.3 Å². The zero-order chi connectivity index (χ0) is 26.9. The van der Waals surface area contributed by atoms with Crippen LogP contribution >= 0.6 is 0 Å². The molecule has 0 unspecified atom stereocenters. The molecule has 0 aromatic heterocycles. The molecular formula is C30H36O8. The number of benzene rings is 3. The van der Waals surface area contributed by atoms with Gasteiger partial charge in [0, 0.05) is 0 Å². The van der Waals surface area contributed by atoms with Gasteiger partial charge in [-0.25, -0.2) is 0 Å². The van der Waals surface area contributed by atoms with Crippen LogP contribution in [0.5, 0.6) is 17.2 Å². The van der Waals surface area contributed by atoms with E-state index in [-0.39, 0.29) is 6.61 Å². The second-order valence-corrected chi connectivity index (χ2v) is 9.10. The van der Waals surface area contributed by atoms with Gasteiger partial charge in [-0.05, 0) is 60.0 Å². The van der Waals surface area contributed by atoms with E-state index in [4.69, 9.17) is 33.2 Å². The van der Waals surface area contributed by atoms with E-state index in [2.05, 4.69) is 0 Å². The zero-order valence-corrected chi connectivity index (χ0v) is 22.2. The molecule has 1 saturated heterocycles. The molecule has 5 atom stereocenters. The van der Waals surface area contributed by atoms with E-state index in [0.717, 1.165) is 33.9 Å². The molecule has 0 bridgehead atoms. The van der Waals surface area contributed by atoms with Crippen LogP contribution in [0.25, 0.3) is 0 Å². The Morgan fingerprint density at radius 1 is 0.553 bits per heavy atom. The van der Waals surface area contributed by atoms with Crippen LogP contribution in [0.1, 0.15) is 23.6 Å². The third-order valence-corrected chi connectivity index (χ3v) is 6.55. The standard InChI is InChI=1S/C30H36O8/c1-20-27(35-17-21-5-11-24(32-2)12-6-21)28(36-18-22-7-13-25(33-3)14-8-22)29(30(31)38-20)37-19-23-9-15-26(34-4)16-10-23/h5-16,20,27-31H,17-19H2,1-4H3/t20-,27+,28+,29-,30+/m0/s1. The predicted molar refractivity (Wildman–Crippen MR) is 141 cm³/mol. The Morgan fingerprint density at radius 3 is 1.26 bits per heavy atom. The van der Waals surface area contributed by atoms with Crippen molar-refractivity contribution < 1.29 is 38.3 Å². The van der Waals surface area contributed by atoms with Crippen molar-refractivity contribution in [3.05, 3.63) is 89.5 Å². The molecule has 4 rings (SSSR count). The number of aliphatic hydroxyl groups is 1. The largest absolute Gasteiger partial charge is 0.497 e. The quantitative estimate of drug-likeness (QED) is 0.371. The second-order valence-electron chi connectivity index (χ2n) is 9.10. The van der Waals surface area contributed by atoms with Crippen LogP contribution < -0.4 is 14.2 Å². The predicted octanol–water partition coefficient (Wildman–Crippen LogP) is 4.51. The Labute approximate surface area is 224 Å². The van der Waals surface area contributed by atoms with Crippen LogP contribution in [0, 0.1) is 0 Å². The lowest BCUT2D eigenvalue weighted by Crippen LogP contribution is -2.59. The van der Waals surface area contributed by atoms with Gasteiger partial charge in [-0.3, -0.25) is 0 Å². The molecule has 204 valence electrons. The summed E-state index contributed by atoms with van der Waals surface area (Å²) in [6, 6.07) is 22.9. The van der Waals surface area contributed by atoms with E-state index < -0.39 is 30.7 Å². The highest BCUT2D eigenvalue weighted by Crippen LogP contribution is 2.30. The molecule has 1 aliphatic rings. The van der Waals surface area contributed by atoms with Gasteiger partial charge in [-0.15, -0.1) is 0 Å². The van der Waals surface area contributed by atoms with Gasteiger partial charge < -0.3 is 38.3 Å². The van der Waals surface area contributed by atoms with Crippen LogP contribution in [-0.4, -0.2) is 57.1 Å². The number of methoxy groups -OCH3 is 3. The summed E-state index contributed by atoms with van der Waals surface area (Å²) in [5.74, 6) is 2.31. The molecule has 0 saturated carbocycles. The monoisotopic (exact) mass is 524 g/mol. The minimum Gasteiger partial charge on any atom is -0.497 e. The maximum absolute atomic E-state index is 10.9. The molecule has 1 fully saturated rings. The number of ether oxygens (including phenoxy) is 7. The summed E-state index contributed by atoms with van der Waals surface area (Å²) < 4.78 is 40.5. The SMILES string of the molecule is COc1ccc(CO[C@@H]2[C@H](OCc3ccc(OC)cc3)[C@H](C)O[C@@H](O)[C@H]2OCc2ccc(OC)cc2)cc1. The summed E-state index contributed by atoms with van der Waals surface area (Å²) in [7, 11) is 4.89. The normalized spacial score (nSPS) is 23.1. The highest BCUT2D eigenvalue weighted by molar-refractivity contribution is 5.28. The third-order valence-electron chi connectivity index (χ3n) is 6.55. The van der Waals surface area contributed by atoms with Gasteiger partial charge in [0.25, 0.3) is 0 Å². The molecule has 0 aliphatic carbocycles. The van der Waals surface area contributed by atoms with E-state index in [9.17, 15) is 5.11 Å². The van der Waals surface area contributed by atoms with Gasteiger partial charge >= 0.3 is 0 Å². The van der Waals surface area contributed by atoms with E-state index in [1.165, 1.54) is 0 Å². The molecule has 1 heterocycles. The number of rotatable bonds is 12. The molecule has 0 radical (unpaired) electrons. The Hall–Kier alpha value is -3.14. The van der Waals surface area contributed by atoms with Crippen molar-refractivity contribution in [2.24, 2.45) is 0 Å². The van der Waals surface area contributed by atoms with Gasteiger partial charge in [0.2, 0.25) is 0 Å². The zero-order valence-electron chi connectivity index (χ0n) is 22.2. The van der Waals surface area contributed by atoms with Gasteiger partial charge in [-0.1, -0.05) is 36.4 Å². The topological polar surface area (TPSA) is 84.8 Å². The molecule has 3 aromatic carbocycles. The number of hydrogen-bond acceptors (Lipinski definition) is 8. The summed E-state index contributed by atoms with van der Waals surface area (Å²) in [5, 5.41) is 10.9. The Bertz CT molecular complexity index is 1040. The van der Waals surface area contributed by atoms with Crippen molar-refractivity contribution in [2.75, 3.05) is 21.3 Å². The average Bonchev–Trinajstić information content (AvgIpc) is 2.96. The van der Waals surface area contributed by atoms with E-state index in [0.29, 0.717) is 13.2 Å². The molecule has 0 spiro atoms. The fraction of sp³-hybridized carbons (Fsp3) is 0.400. The first-order chi connectivity index (χ1) is 18.5. The molecule has 1 aliphatic heterocycles. The summed E-state index contributed by atoms with van der Waals surface area (Å²) >= 11 is 0. The van der Waals surface area contributed by atoms with Crippen molar-refractivity contribution in [2.45, 2.75) is 57.5 Å². The minimum atomic E-state index is -1.18. The summed E-state index contributed by atoms with van der Waals surface area (Å²) in [5.41, 5.74) is 2.87. The molecule has 1 N–H and O–H groups in total. The van der Waals surface area contributed by atoms with Crippen LogP contribution in [0.4, 0.5) is 0 Å². The average molecular weight is 525 g/mol. The first kappa shape index (κ1) is 27.9. The van der Waals surface area contributed by atoms with Crippen molar-refractivity contribution in [1.29, 1.82) is 0 Å². The lowest BCUT2D eigenvalue weighted by Gasteiger charge is -2.43. The van der Waals surface area contributed by atoms with E-state index in [1.54, 1.807) is 21.3 Å². The Balaban J connectivity index is 1.50. The summed E-state index contributed by atoms with van der Waals surface area (Å²) in [6.07, 6.45) is -3.45. The highest BCUT2D eigenvalue weighted by atomic mass is 16.7. The minimum absolute atomic E-state index is 0.261. The number of hydrogen-bond donors (Lipinski definition) is 1. The maximum atomic E-state index is 10.9. The van der Waals surface area contributed by atoms with Crippen LogP contribution in [0.3, 0.4) is 0 Å². The molecule has 38 heavy (non-hydrogen) atoms. The maximum Gasteiger partial charge on any atom is 0.184 e. The molecule has 0 amide bonds. The van der Waals surface area contributed by atoms with E-state index >= 15 is 0 Å². The highest BCUT2D eigenvalue weighted by Gasteiger charge is 2.46. The molecular weight excluding hydrogens is 488 g/mol. The lowest BCUT2D eigenvalue weighted by atomic mass is 9.98. The first-order valence-corrected chi connectivity index (χ1v) is 12.6. The Morgan fingerprint density at radius 2 is 0.895 bits per heavy atom. The fourth-order valence-electron chi connectivity index (χ4n) is 4.33. The van der Waals surface area contributed by atoms with Crippen molar-refractivity contribution >= 4 is 0 Å². The van der Waals surface area contributed by atoms with Gasteiger partial charge in [0.15, 0.2) is 6.29 Å². The lowest BCUT2D eigenvalue weighted by molar-refractivity contribution is -0.308. The summed E-state index contributed by atoms with van der Waals surface area (Å²) in [6.45, 7) is 2.77. The van der Waals surface area contributed by atoms with Crippen molar-refractivity contribution in [3.8, 4) is 17.2 Å². The second kappa shape index (κ2) is 13.6.